The zero-order valence-corrected chi connectivity index (χ0v) is 12.9. The van der Waals surface area contributed by atoms with Crippen LogP contribution in [0.25, 0.3) is 11.0 Å². The van der Waals surface area contributed by atoms with Crippen molar-refractivity contribution in [3.63, 3.8) is 0 Å². The number of hydrogen-bond donors (Lipinski definition) is 0. The van der Waals surface area contributed by atoms with Crippen molar-refractivity contribution in [3.05, 3.63) is 53.1 Å². The summed E-state index contributed by atoms with van der Waals surface area (Å²) in [6.45, 7) is 0.560. The zero-order valence-electron chi connectivity index (χ0n) is 12.1. The molecule has 0 unspecified atom stereocenters. The molecule has 0 saturated carbocycles. The smallest absolute Gasteiger partial charge is 0.267 e. The van der Waals surface area contributed by atoms with Crippen LogP contribution in [0.2, 0.25) is 5.02 Å². The van der Waals surface area contributed by atoms with E-state index in [4.69, 9.17) is 16.4 Å². The molecule has 3 aromatic rings. The molecule has 1 aliphatic heterocycles. The van der Waals surface area contributed by atoms with Crippen LogP contribution in [0.1, 0.15) is 5.56 Å². The second-order valence-corrected chi connectivity index (χ2v) is 5.73. The minimum Gasteiger partial charge on any atom is -0.385 e. The number of halogens is 1. The van der Waals surface area contributed by atoms with Gasteiger partial charge in [0.25, 0.3) is 5.91 Å². The lowest BCUT2D eigenvalue weighted by Crippen LogP contribution is -2.35. The van der Waals surface area contributed by atoms with E-state index in [-0.39, 0.29) is 12.5 Å². The average Bonchev–Trinajstić information content (AvgIpc) is 3.16. The van der Waals surface area contributed by atoms with Crippen LogP contribution in [0.3, 0.4) is 0 Å². The molecule has 2 heterocycles. The van der Waals surface area contributed by atoms with E-state index in [1.165, 1.54) is 10.4 Å². The maximum Gasteiger partial charge on any atom is 0.267 e. The Bertz CT molecular complexity index is 893. The Morgan fingerprint density at radius 2 is 2.13 bits per heavy atom. The minimum atomic E-state index is -0.112. The fourth-order valence-corrected chi connectivity index (χ4v) is 2.92. The monoisotopic (exact) mass is 328 g/mol. The summed E-state index contributed by atoms with van der Waals surface area (Å²) in [4.78, 5) is 20.9. The van der Waals surface area contributed by atoms with Gasteiger partial charge < -0.3 is 9.74 Å². The van der Waals surface area contributed by atoms with Gasteiger partial charge in [-0.1, -0.05) is 34.6 Å². The highest BCUT2D eigenvalue weighted by molar-refractivity contribution is 6.31. The third kappa shape index (κ3) is 2.51. The summed E-state index contributed by atoms with van der Waals surface area (Å²) in [7, 11) is 0. The predicted molar refractivity (Wildman–Crippen MR) is 86.5 cm³/mol. The molecule has 0 radical (unpaired) electrons. The first kappa shape index (κ1) is 14.0. The number of carbonyl (C=O) groups excluding carboxylic acids is 1. The van der Waals surface area contributed by atoms with Gasteiger partial charge >= 0.3 is 0 Å². The SMILES string of the molecule is O=C(COn1nnc2ccc(Cl)cc21)N1CCc2ccccc21. The summed E-state index contributed by atoms with van der Waals surface area (Å²) in [6.07, 6.45) is 0.865. The number of benzene rings is 2. The third-order valence-corrected chi connectivity index (χ3v) is 4.11. The molecule has 1 aliphatic rings. The number of rotatable bonds is 3. The molecule has 1 amide bonds. The molecule has 0 fully saturated rings. The molecular weight excluding hydrogens is 316 g/mol. The Morgan fingerprint density at radius 3 is 3.04 bits per heavy atom. The standard InChI is InChI=1S/C16H13ClN4O2/c17-12-5-6-13-15(9-12)21(19-18-13)23-10-16(22)20-8-7-11-3-1-2-4-14(11)20/h1-6,9H,7-8,10H2. The van der Waals surface area contributed by atoms with E-state index >= 15 is 0 Å². The van der Waals surface area contributed by atoms with Crippen molar-refractivity contribution in [1.82, 2.24) is 15.2 Å². The molecule has 0 atom stereocenters. The lowest BCUT2D eigenvalue weighted by molar-refractivity contribution is -0.123. The highest BCUT2D eigenvalue weighted by Crippen LogP contribution is 2.27. The Morgan fingerprint density at radius 1 is 1.26 bits per heavy atom. The molecule has 2 aromatic carbocycles. The Balaban J connectivity index is 1.51. The minimum absolute atomic E-state index is 0.111. The number of anilines is 1. The van der Waals surface area contributed by atoms with Crippen LogP contribution >= 0.6 is 11.6 Å². The van der Waals surface area contributed by atoms with Crippen LogP contribution < -0.4 is 9.74 Å². The first-order chi connectivity index (χ1) is 11.2. The summed E-state index contributed by atoms with van der Waals surface area (Å²) in [5, 5.41) is 8.43. The molecule has 116 valence electrons. The lowest BCUT2D eigenvalue weighted by atomic mass is 10.2. The fourth-order valence-electron chi connectivity index (χ4n) is 2.76. The fraction of sp³-hybridized carbons (Fsp3) is 0.188. The van der Waals surface area contributed by atoms with Crippen molar-refractivity contribution in [3.8, 4) is 0 Å². The summed E-state index contributed by atoms with van der Waals surface area (Å²) in [5.74, 6) is -0.111. The molecule has 7 heteroatoms. The zero-order chi connectivity index (χ0) is 15.8. The van der Waals surface area contributed by atoms with Gasteiger partial charge in [-0.3, -0.25) is 4.79 Å². The molecule has 0 bridgehead atoms. The number of fused-ring (bicyclic) bond motifs is 2. The number of amides is 1. The number of hydrogen-bond acceptors (Lipinski definition) is 4. The van der Waals surface area contributed by atoms with E-state index in [1.807, 2.05) is 24.3 Å². The van der Waals surface area contributed by atoms with Crippen LogP contribution in [-0.4, -0.2) is 34.2 Å². The van der Waals surface area contributed by atoms with Crippen molar-refractivity contribution >= 4 is 34.2 Å². The quantitative estimate of drug-likeness (QED) is 0.739. The number of para-hydroxylation sites is 1. The lowest BCUT2D eigenvalue weighted by Gasteiger charge is -2.17. The Kier molecular flexibility index (Phi) is 3.38. The summed E-state index contributed by atoms with van der Waals surface area (Å²) in [5.41, 5.74) is 3.42. The topological polar surface area (TPSA) is 60.3 Å². The molecule has 0 saturated heterocycles. The Labute approximate surface area is 137 Å². The first-order valence-electron chi connectivity index (χ1n) is 7.25. The van der Waals surface area contributed by atoms with Gasteiger partial charge in [-0.15, -0.1) is 5.10 Å². The number of carbonyl (C=O) groups is 1. The van der Waals surface area contributed by atoms with E-state index in [0.29, 0.717) is 22.6 Å². The number of aromatic nitrogens is 3. The van der Waals surface area contributed by atoms with Crippen molar-refractivity contribution in [2.75, 3.05) is 18.1 Å². The van der Waals surface area contributed by atoms with Crippen LogP contribution in [0.4, 0.5) is 5.69 Å². The van der Waals surface area contributed by atoms with Gasteiger partial charge in [-0.25, -0.2) is 0 Å². The van der Waals surface area contributed by atoms with Gasteiger partial charge in [0.05, 0.1) is 0 Å². The largest absolute Gasteiger partial charge is 0.385 e. The van der Waals surface area contributed by atoms with Crippen molar-refractivity contribution in [1.29, 1.82) is 0 Å². The Hall–Kier alpha value is -2.60. The highest BCUT2D eigenvalue weighted by atomic mass is 35.5. The first-order valence-corrected chi connectivity index (χ1v) is 7.63. The van der Waals surface area contributed by atoms with Gasteiger partial charge in [-0.2, -0.15) is 0 Å². The van der Waals surface area contributed by atoms with E-state index in [1.54, 1.807) is 23.1 Å². The highest BCUT2D eigenvalue weighted by Gasteiger charge is 2.24. The van der Waals surface area contributed by atoms with Gasteiger partial charge in [-0.05, 0) is 41.5 Å². The molecule has 0 aliphatic carbocycles. The van der Waals surface area contributed by atoms with Crippen molar-refractivity contribution in [2.45, 2.75) is 6.42 Å². The van der Waals surface area contributed by atoms with E-state index in [2.05, 4.69) is 10.3 Å². The molecule has 0 spiro atoms. The predicted octanol–water partition coefficient (Wildman–Crippen LogP) is 2.10. The molecular formula is C16H13ClN4O2. The molecule has 4 rings (SSSR count). The molecule has 6 nitrogen and oxygen atoms in total. The van der Waals surface area contributed by atoms with Crippen LogP contribution in [0.5, 0.6) is 0 Å². The molecule has 23 heavy (non-hydrogen) atoms. The van der Waals surface area contributed by atoms with Gasteiger partial charge in [0.15, 0.2) is 6.61 Å². The summed E-state index contributed by atoms with van der Waals surface area (Å²) >= 11 is 5.97. The van der Waals surface area contributed by atoms with Gasteiger partial charge in [0.1, 0.15) is 11.0 Å². The van der Waals surface area contributed by atoms with Crippen molar-refractivity contribution < 1.29 is 9.63 Å². The summed E-state index contributed by atoms with van der Waals surface area (Å²) in [6, 6.07) is 13.1. The normalized spacial score (nSPS) is 13.3. The van der Waals surface area contributed by atoms with Crippen LogP contribution in [0.15, 0.2) is 42.5 Å². The van der Waals surface area contributed by atoms with E-state index in [9.17, 15) is 4.79 Å². The van der Waals surface area contributed by atoms with Crippen LogP contribution in [-0.2, 0) is 11.2 Å². The van der Waals surface area contributed by atoms with Gasteiger partial charge in [0, 0.05) is 17.3 Å². The van der Waals surface area contributed by atoms with Crippen molar-refractivity contribution in [2.24, 2.45) is 0 Å². The van der Waals surface area contributed by atoms with E-state index < -0.39 is 0 Å². The van der Waals surface area contributed by atoms with E-state index in [0.717, 1.165) is 12.1 Å². The maximum absolute atomic E-state index is 12.4. The molecule has 0 N–H and O–H groups in total. The second-order valence-electron chi connectivity index (χ2n) is 5.29. The number of nitrogens with zero attached hydrogens (tertiary/aromatic N) is 4. The maximum atomic E-state index is 12.4. The average molecular weight is 329 g/mol. The van der Waals surface area contributed by atoms with Crippen LogP contribution in [0, 0.1) is 0 Å². The van der Waals surface area contributed by atoms with Gasteiger partial charge in [0.2, 0.25) is 0 Å². The molecule has 1 aromatic heterocycles. The summed E-state index contributed by atoms with van der Waals surface area (Å²) < 4.78 is 0. The second kappa shape index (κ2) is 5.55. The third-order valence-electron chi connectivity index (χ3n) is 3.88.